The smallest absolute Gasteiger partial charge is 0.220 e. The molecule has 1 saturated carbocycles. The molecule has 0 bridgehead atoms. The molecule has 1 amide bonds. The van der Waals surface area contributed by atoms with Crippen LogP contribution in [0.15, 0.2) is 36.7 Å². The number of benzene rings is 1. The van der Waals surface area contributed by atoms with E-state index in [0.717, 1.165) is 42.8 Å². The number of carbonyl (C=O) groups is 1. The highest BCUT2D eigenvalue weighted by molar-refractivity contribution is 5.77. The Bertz CT molecular complexity index is 808. The van der Waals surface area contributed by atoms with E-state index in [1.807, 2.05) is 36.7 Å². The zero-order chi connectivity index (χ0) is 18.8. The maximum atomic E-state index is 11.6. The Kier molecular flexibility index (Phi) is 5.07. The molecule has 6 heteroatoms. The van der Waals surface area contributed by atoms with E-state index in [9.17, 15) is 4.79 Å². The van der Waals surface area contributed by atoms with Crippen LogP contribution in [0.25, 0.3) is 11.4 Å². The van der Waals surface area contributed by atoms with Gasteiger partial charge in [0.2, 0.25) is 5.91 Å². The molecule has 3 atom stereocenters. The maximum absolute atomic E-state index is 11.6. The van der Waals surface area contributed by atoms with Crippen LogP contribution in [0, 0.1) is 11.8 Å². The third-order valence-corrected chi connectivity index (χ3v) is 5.93. The second-order valence-electron chi connectivity index (χ2n) is 7.68. The van der Waals surface area contributed by atoms with Gasteiger partial charge in [-0.2, -0.15) is 0 Å². The topological polar surface area (TPSA) is 67.3 Å². The Morgan fingerprint density at radius 1 is 1.19 bits per heavy atom. The number of ether oxygens (including phenoxy) is 1. The third-order valence-electron chi connectivity index (χ3n) is 5.93. The van der Waals surface area contributed by atoms with E-state index in [2.05, 4.69) is 27.2 Å². The van der Waals surface area contributed by atoms with Gasteiger partial charge in [0.1, 0.15) is 5.75 Å². The van der Waals surface area contributed by atoms with Crippen molar-refractivity contribution in [2.45, 2.75) is 31.8 Å². The molecule has 2 heterocycles. The summed E-state index contributed by atoms with van der Waals surface area (Å²) < 4.78 is 5.40. The second kappa shape index (κ2) is 7.64. The molecule has 1 aromatic carbocycles. The van der Waals surface area contributed by atoms with Crippen molar-refractivity contribution >= 4 is 5.91 Å². The first kappa shape index (κ1) is 17.9. The van der Waals surface area contributed by atoms with Crippen LogP contribution >= 0.6 is 0 Å². The number of hydrogen-bond donors (Lipinski definition) is 1. The number of rotatable bonds is 5. The lowest BCUT2D eigenvalue weighted by Gasteiger charge is -2.24. The summed E-state index contributed by atoms with van der Waals surface area (Å²) in [6.45, 7) is 1.66. The molecule has 0 spiro atoms. The minimum absolute atomic E-state index is 0.208. The molecule has 2 aromatic rings. The number of aromatic nitrogens is 2. The third kappa shape index (κ3) is 3.81. The minimum Gasteiger partial charge on any atom is -0.496 e. The standard InChI is InChI=1S/C21H26N4O2/c1-25(17-7-15-9-20(26)22-12-16(15)8-17)13-14-10-23-21(24-11-14)18-5-3-4-6-19(18)27-2/h3-6,10-11,15-17H,7-9,12-13H2,1-2H3,(H,22,26)/t15-,16+,17-/m1/s1. The quantitative estimate of drug-likeness (QED) is 0.881. The molecule has 1 saturated heterocycles. The van der Waals surface area contributed by atoms with Gasteiger partial charge in [0.15, 0.2) is 5.82 Å². The molecule has 2 fully saturated rings. The van der Waals surface area contributed by atoms with Crippen LogP contribution in [0.2, 0.25) is 0 Å². The highest BCUT2D eigenvalue weighted by atomic mass is 16.5. The Labute approximate surface area is 160 Å². The average Bonchev–Trinajstić information content (AvgIpc) is 3.12. The summed E-state index contributed by atoms with van der Waals surface area (Å²) in [5.41, 5.74) is 2.00. The largest absolute Gasteiger partial charge is 0.496 e. The lowest BCUT2D eigenvalue weighted by molar-refractivity contribution is -0.124. The van der Waals surface area contributed by atoms with Crippen LogP contribution in [0.4, 0.5) is 0 Å². The number of para-hydroxylation sites is 1. The van der Waals surface area contributed by atoms with Crippen molar-refractivity contribution in [1.82, 2.24) is 20.2 Å². The molecule has 6 nitrogen and oxygen atoms in total. The van der Waals surface area contributed by atoms with Gasteiger partial charge in [-0.1, -0.05) is 12.1 Å². The van der Waals surface area contributed by atoms with Gasteiger partial charge in [0.25, 0.3) is 0 Å². The molecule has 4 rings (SSSR count). The van der Waals surface area contributed by atoms with Gasteiger partial charge < -0.3 is 10.1 Å². The molecule has 2 aliphatic rings. The fourth-order valence-corrected chi connectivity index (χ4v) is 4.42. The number of nitrogens with one attached hydrogen (secondary N) is 1. The van der Waals surface area contributed by atoms with Crippen molar-refractivity contribution in [3.05, 3.63) is 42.2 Å². The number of nitrogens with zero attached hydrogens (tertiary/aromatic N) is 3. The summed E-state index contributed by atoms with van der Waals surface area (Å²) in [7, 11) is 3.82. The molecular weight excluding hydrogens is 340 g/mol. The van der Waals surface area contributed by atoms with Crippen LogP contribution < -0.4 is 10.1 Å². The predicted octanol–water partition coefficient (Wildman–Crippen LogP) is 2.50. The normalized spacial score (nSPS) is 24.6. The number of hydrogen-bond acceptors (Lipinski definition) is 5. The molecule has 1 aliphatic heterocycles. The van der Waals surface area contributed by atoms with Crippen LogP contribution in [-0.2, 0) is 11.3 Å². The fraction of sp³-hybridized carbons (Fsp3) is 0.476. The Morgan fingerprint density at radius 2 is 1.93 bits per heavy atom. The van der Waals surface area contributed by atoms with E-state index in [1.54, 1.807) is 7.11 Å². The Morgan fingerprint density at radius 3 is 2.70 bits per heavy atom. The van der Waals surface area contributed by atoms with Crippen LogP contribution in [0.3, 0.4) is 0 Å². The molecular formula is C21H26N4O2. The van der Waals surface area contributed by atoms with Crippen molar-refractivity contribution in [1.29, 1.82) is 0 Å². The number of fused-ring (bicyclic) bond motifs is 1. The molecule has 27 heavy (non-hydrogen) atoms. The Hall–Kier alpha value is -2.47. The molecule has 1 N–H and O–H groups in total. The second-order valence-corrected chi connectivity index (χ2v) is 7.68. The summed E-state index contributed by atoms with van der Waals surface area (Å²) >= 11 is 0. The zero-order valence-electron chi connectivity index (χ0n) is 15.9. The van der Waals surface area contributed by atoms with Crippen molar-refractivity contribution in [2.24, 2.45) is 11.8 Å². The zero-order valence-corrected chi connectivity index (χ0v) is 15.9. The molecule has 0 unspecified atom stereocenters. The van der Waals surface area contributed by atoms with E-state index in [4.69, 9.17) is 4.74 Å². The Balaban J connectivity index is 1.41. The van der Waals surface area contributed by atoms with E-state index in [1.165, 1.54) is 0 Å². The minimum atomic E-state index is 0.208. The van der Waals surface area contributed by atoms with Crippen molar-refractivity contribution < 1.29 is 9.53 Å². The summed E-state index contributed by atoms with van der Waals surface area (Å²) in [6.07, 6.45) is 6.75. The highest BCUT2D eigenvalue weighted by Gasteiger charge is 2.39. The first-order chi connectivity index (χ1) is 13.1. The van der Waals surface area contributed by atoms with Crippen LogP contribution in [-0.4, -0.2) is 47.5 Å². The first-order valence-electron chi connectivity index (χ1n) is 9.55. The van der Waals surface area contributed by atoms with Gasteiger partial charge in [-0.05, 0) is 43.9 Å². The lowest BCUT2D eigenvalue weighted by Crippen LogP contribution is -2.38. The lowest BCUT2D eigenvalue weighted by atomic mass is 9.89. The summed E-state index contributed by atoms with van der Waals surface area (Å²) in [4.78, 5) is 23.1. The highest BCUT2D eigenvalue weighted by Crippen LogP contribution is 2.38. The maximum Gasteiger partial charge on any atom is 0.220 e. The van der Waals surface area contributed by atoms with E-state index in [0.29, 0.717) is 30.1 Å². The SMILES string of the molecule is COc1ccccc1-c1ncc(CN(C)[C@H]2C[C@H]3CNC(=O)C[C@H]3C2)cn1. The van der Waals surface area contributed by atoms with E-state index in [-0.39, 0.29) is 5.91 Å². The predicted molar refractivity (Wildman–Crippen MR) is 103 cm³/mol. The monoisotopic (exact) mass is 366 g/mol. The van der Waals surface area contributed by atoms with E-state index < -0.39 is 0 Å². The van der Waals surface area contributed by atoms with E-state index >= 15 is 0 Å². The summed E-state index contributed by atoms with van der Waals surface area (Å²) in [6, 6.07) is 8.30. The summed E-state index contributed by atoms with van der Waals surface area (Å²) in [5, 5.41) is 3.01. The number of amides is 1. The number of carbonyl (C=O) groups excluding carboxylic acids is 1. The van der Waals surface area contributed by atoms with Crippen LogP contribution in [0.5, 0.6) is 5.75 Å². The van der Waals surface area contributed by atoms with Gasteiger partial charge in [-0.3, -0.25) is 9.69 Å². The van der Waals surface area contributed by atoms with Gasteiger partial charge in [-0.15, -0.1) is 0 Å². The fourth-order valence-electron chi connectivity index (χ4n) is 4.42. The molecule has 142 valence electrons. The van der Waals surface area contributed by atoms with Gasteiger partial charge >= 0.3 is 0 Å². The number of piperidine rings is 1. The average molecular weight is 366 g/mol. The van der Waals surface area contributed by atoms with Crippen molar-refractivity contribution in [3.63, 3.8) is 0 Å². The molecule has 1 aromatic heterocycles. The number of methoxy groups -OCH3 is 1. The van der Waals surface area contributed by atoms with Gasteiger partial charge in [0.05, 0.1) is 12.7 Å². The van der Waals surface area contributed by atoms with Crippen molar-refractivity contribution in [2.75, 3.05) is 20.7 Å². The van der Waals surface area contributed by atoms with Gasteiger partial charge in [0, 0.05) is 43.5 Å². The molecule has 0 radical (unpaired) electrons. The molecule has 1 aliphatic carbocycles. The van der Waals surface area contributed by atoms with Gasteiger partial charge in [-0.25, -0.2) is 9.97 Å². The first-order valence-corrected chi connectivity index (χ1v) is 9.55. The summed E-state index contributed by atoms with van der Waals surface area (Å²) in [5.74, 6) is 2.82. The van der Waals surface area contributed by atoms with Crippen LogP contribution in [0.1, 0.15) is 24.8 Å². The van der Waals surface area contributed by atoms with Crippen molar-refractivity contribution in [3.8, 4) is 17.1 Å².